The van der Waals surface area contributed by atoms with Gasteiger partial charge >= 0.3 is 5.97 Å². The first-order valence-corrected chi connectivity index (χ1v) is 7.41. The number of furan rings is 1. The molecule has 0 atom stereocenters. The molecule has 6 nitrogen and oxygen atoms in total. The number of hydrogen-bond donors (Lipinski definition) is 1. The fourth-order valence-electron chi connectivity index (χ4n) is 1.89. The van der Waals surface area contributed by atoms with Crippen LogP contribution in [0.5, 0.6) is 5.75 Å². The van der Waals surface area contributed by atoms with E-state index in [4.69, 9.17) is 13.9 Å². The Balaban J connectivity index is 1.96. The average molecular weight is 317 g/mol. The molecule has 0 fully saturated rings. The molecule has 1 amide bonds. The van der Waals surface area contributed by atoms with Crippen molar-refractivity contribution in [1.29, 1.82) is 0 Å². The van der Waals surface area contributed by atoms with Crippen LogP contribution in [0.2, 0.25) is 0 Å². The molecule has 0 spiro atoms. The number of carbonyl (C=O) groups excluding carboxylic acids is 2. The minimum absolute atomic E-state index is 0.177. The van der Waals surface area contributed by atoms with Crippen LogP contribution in [0.3, 0.4) is 0 Å². The zero-order valence-electron chi connectivity index (χ0n) is 13.1. The summed E-state index contributed by atoms with van der Waals surface area (Å²) in [7, 11) is 0. The highest BCUT2D eigenvalue weighted by molar-refractivity contribution is 6.02. The second-order valence-corrected chi connectivity index (χ2v) is 4.70. The number of carbonyl (C=O) groups is 2. The third-order valence-corrected chi connectivity index (χ3v) is 2.99. The lowest BCUT2D eigenvalue weighted by Crippen LogP contribution is -2.15. The van der Waals surface area contributed by atoms with E-state index < -0.39 is 5.97 Å². The molecule has 0 bridgehead atoms. The summed E-state index contributed by atoms with van der Waals surface area (Å²) in [5.74, 6) is 0.683. The lowest BCUT2D eigenvalue weighted by Gasteiger charge is -2.08. The molecule has 0 aliphatic heterocycles. The van der Waals surface area contributed by atoms with Gasteiger partial charge in [-0.2, -0.15) is 0 Å². The Morgan fingerprint density at radius 1 is 1.17 bits per heavy atom. The van der Waals surface area contributed by atoms with Gasteiger partial charge in [0.05, 0.1) is 6.61 Å². The number of hydrogen-bond acceptors (Lipinski definition) is 5. The number of benzene rings is 1. The summed E-state index contributed by atoms with van der Waals surface area (Å²) >= 11 is 0. The van der Waals surface area contributed by atoms with Crippen LogP contribution in [0.25, 0.3) is 0 Å². The molecule has 0 saturated heterocycles. The van der Waals surface area contributed by atoms with Gasteiger partial charge in [0.15, 0.2) is 12.4 Å². The van der Waals surface area contributed by atoms with Crippen molar-refractivity contribution >= 4 is 17.6 Å². The standard InChI is InChI=1S/C17H19NO5/c1-3-13-8-9-15(23-13)17(20)18-12-6-5-7-14(10-12)22-11-16(19)21-4-2/h5-10H,3-4,11H2,1-2H3,(H,18,20). The van der Waals surface area contributed by atoms with Crippen LogP contribution >= 0.6 is 0 Å². The van der Waals surface area contributed by atoms with Gasteiger partial charge in [0.1, 0.15) is 11.5 Å². The summed E-state index contributed by atoms with van der Waals surface area (Å²) in [5, 5.41) is 2.72. The molecule has 1 aromatic carbocycles. The maximum absolute atomic E-state index is 12.1. The van der Waals surface area contributed by atoms with Gasteiger partial charge in [-0.25, -0.2) is 4.79 Å². The number of aryl methyl sites for hydroxylation is 1. The summed E-state index contributed by atoms with van der Waals surface area (Å²) in [6.07, 6.45) is 0.727. The number of rotatable bonds is 7. The van der Waals surface area contributed by atoms with E-state index in [-0.39, 0.29) is 18.3 Å². The van der Waals surface area contributed by atoms with Crippen LogP contribution in [-0.4, -0.2) is 25.1 Å². The van der Waals surface area contributed by atoms with Crippen molar-refractivity contribution < 1.29 is 23.5 Å². The van der Waals surface area contributed by atoms with E-state index >= 15 is 0 Å². The molecule has 1 heterocycles. The summed E-state index contributed by atoms with van der Waals surface area (Å²) < 4.78 is 15.5. The summed E-state index contributed by atoms with van der Waals surface area (Å²) in [4.78, 5) is 23.4. The highest BCUT2D eigenvalue weighted by atomic mass is 16.6. The highest BCUT2D eigenvalue weighted by Crippen LogP contribution is 2.19. The van der Waals surface area contributed by atoms with E-state index in [1.54, 1.807) is 43.3 Å². The monoisotopic (exact) mass is 317 g/mol. The quantitative estimate of drug-likeness (QED) is 0.794. The fraction of sp³-hybridized carbons (Fsp3) is 0.294. The number of anilines is 1. The van der Waals surface area contributed by atoms with Crippen LogP contribution in [0.15, 0.2) is 40.8 Å². The zero-order chi connectivity index (χ0) is 16.7. The van der Waals surface area contributed by atoms with Crippen molar-refractivity contribution in [2.24, 2.45) is 0 Å². The van der Waals surface area contributed by atoms with Crippen LogP contribution in [-0.2, 0) is 16.0 Å². The molecular formula is C17H19NO5. The van der Waals surface area contributed by atoms with Crippen LogP contribution < -0.4 is 10.1 Å². The minimum Gasteiger partial charge on any atom is -0.482 e. The maximum Gasteiger partial charge on any atom is 0.344 e. The molecule has 0 saturated carbocycles. The third-order valence-electron chi connectivity index (χ3n) is 2.99. The molecule has 0 aliphatic rings. The Hall–Kier alpha value is -2.76. The van der Waals surface area contributed by atoms with Gasteiger partial charge in [-0.1, -0.05) is 13.0 Å². The summed E-state index contributed by atoms with van der Waals surface area (Å²) in [6.45, 7) is 3.81. The molecular weight excluding hydrogens is 298 g/mol. The van der Waals surface area contributed by atoms with Gasteiger partial charge in [-0.15, -0.1) is 0 Å². The zero-order valence-corrected chi connectivity index (χ0v) is 13.1. The fourth-order valence-corrected chi connectivity index (χ4v) is 1.89. The first-order chi connectivity index (χ1) is 11.1. The normalized spacial score (nSPS) is 10.2. The Kier molecular flexibility index (Phi) is 5.80. The van der Waals surface area contributed by atoms with Crippen molar-refractivity contribution in [1.82, 2.24) is 0 Å². The first kappa shape index (κ1) is 16.6. The van der Waals surface area contributed by atoms with Crippen molar-refractivity contribution in [2.45, 2.75) is 20.3 Å². The Morgan fingerprint density at radius 3 is 2.70 bits per heavy atom. The molecule has 6 heteroatoms. The van der Waals surface area contributed by atoms with Gasteiger partial charge < -0.3 is 19.2 Å². The maximum atomic E-state index is 12.1. The van der Waals surface area contributed by atoms with Gasteiger partial charge in [-0.3, -0.25) is 4.79 Å². The SMILES string of the molecule is CCOC(=O)COc1cccc(NC(=O)c2ccc(CC)o2)c1. The van der Waals surface area contributed by atoms with Crippen LogP contribution in [0, 0.1) is 0 Å². The molecule has 1 N–H and O–H groups in total. The summed E-state index contributed by atoms with van der Waals surface area (Å²) in [5.41, 5.74) is 0.547. The van der Waals surface area contributed by atoms with Gasteiger partial charge in [0.2, 0.25) is 0 Å². The van der Waals surface area contributed by atoms with Crippen LogP contribution in [0.4, 0.5) is 5.69 Å². The molecule has 2 rings (SSSR count). The van der Waals surface area contributed by atoms with Crippen molar-refractivity contribution in [2.75, 3.05) is 18.5 Å². The van der Waals surface area contributed by atoms with Crippen molar-refractivity contribution in [3.05, 3.63) is 47.9 Å². The smallest absolute Gasteiger partial charge is 0.344 e. The number of ether oxygens (including phenoxy) is 2. The van der Waals surface area contributed by atoms with Gasteiger partial charge in [0, 0.05) is 18.2 Å². The lowest BCUT2D eigenvalue weighted by atomic mass is 10.3. The van der Waals surface area contributed by atoms with Gasteiger partial charge in [0.25, 0.3) is 5.91 Å². The predicted octanol–water partition coefficient (Wildman–Crippen LogP) is 3.04. The number of esters is 1. The highest BCUT2D eigenvalue weighted by Gasteiger charge is 2.11. The van der Waals surface area contributed by atoms with Crippen molar-refractivity contribution in [3.8, 4) is 5.75 Å². The lowest BCUT2D eigenvalue weighted by molar-refractivity contribution is -0.145. The number of nitrogens with one attached hydrogen (secondary N) is 1. The Labute approximate surface area is 134 Å². The second kappa shape index (κ2) is 8.03. The van der Waals surface area contributed by atoms with E-state index in [2.05, 4.69) is 5.32 Å². The topological polar surface area (TPSA) is 77.8 Å². The van der Waals surface area contributed by atoms with E-state index in [0.717, 1.165) is 12.2 Å². The molecule has 0 aliphatic carbocycles. The van der Waals surface area contributed by atoms with Crippen LogP contribution in [0.1, 0.15) is 30.2 Å². The van der Waals surface area contributed by atoms with E-state index in [9.17, 15) is 9.59 Å². The summed E-state index contributed by atoms with van der Waals surface area (Å²) in [6, 6.07) is 10.2. The molecule has 2 aromatic rings. The average Bonchev–Trinajstić information content (AvgIpc) is 3.03. The predicted molar refractivity (Wildman–Crippen MR) is 84.6 cm³/mol. The van der Waals surface area contributed by atoms with E-state index in [1.165, 1.54) is 0 Å². The molecule has 122 valence electrons. The molecule has 0 radical (unpaired) electrons. The van der Waals surface area contributed by atoms with E-state index in [1.807, 2.05) is 6.92 Å². The Bertz CT molecular complexity index is 677. The van der Waals surface area contributed by atoms with Gasteiger partial charge in [-0.05, 0) is 31.2 Å². The third kappa shape index (κ3) is 4.88. The largest absolute Gasteiger partial charge is 0.482 e. The number of amides is 1. The minimum atomic E-state index is -0.440. The first-order valence-electron chi connectivity index (χ1n) is 7.41. The molecule has 1 aromatic heterocycles. The Morgan fingerprint density at radius 2 is 2.00 bits per heavy atom. The second-order valence-electron chi connectivity index (χ2n) is 4.70. The molecule has 23 heavy (non-hydrogen) atoms. The van der Waals surface area contributed by atoms with Crippen molar-refractivity contribution in [3.63, 3.8) is 0 Å². The molecule has 0 unspecified atom stereocenters. The van der Waals surface area contributed by atoms with E-state index in [0.29, 0.717) is 18.0 Å².